The lowest BCUT2D eigenvalue weighted by Crippen LogP contribution is -2.88. The summed E-state index contributed by atoms with van der Waals surface area (Å²) in [6, 6.07) is 9.82. The second-order valence-corrected chi connectivity index (χ2v) is 3.87. The number of carbonyl (C=O) groups excluding carboxylic acids is 1. The SMILES string of the molecule is O=C(OCc1ccccc1)[C@H]1CCC[NH2+]1. The van der Waals surface area contributed by atoms with Crippen LogP contribution in [0.25, 0.3) is 0 Å². The Hall–Kier alpha value is -1.35. The Morgan fingerprint density at radius 2 is 2.20 bits per heavy atom. The maximum Gasteiger partial charge on any atom is 0.365 e. The molecule has 0 spiro atoms. The molecule has 1 saturated heterocycles. The fourth-order valence-electron chi connectivity index (χ4n) is 1.82. The Labute approximate surface area is 89.4 Å². The fraction of sp³-hybridized carbons (Fsp3) is 0.417. The third kappa shape index (κ3) is 2.80. The summed E-state index contributed by atoms with van der Waals surface area (Å²) in [6.07, 6.45) is 2.07. The summed E-state index contributed by atoms with van der Waals surface area (Å²) in [6.45, 7) is 1.44. The first-order valence-electron chi connectivity index (χ1n) is 5.40. The van der Waals surface area contributed by atoms with E-state index in [1.165, 1.54) is 0 Å². The van der Waals surface area contributed by atoms with Gasteiger partial charge in [-0.05, 0) is 5.56 Å². The van der Waals surface area contributed by atoms with Crippen LogP contribution < -0.4 is 5.32 Å². The monoisotopic (exact) mass is 206 g/mol. The maximum absolute atomic E-state index is 11.6. The predicted molar refractivity (Wildman–Crippen MR) is 56.1 cm³/mol. The van der Waals surface area contributed by atoms with Crippen molar-refractivity contribution in [2.75, 3.05) is 6.54 Å². The molecular weight excluding hydrogens is 190 g/mol. The molecule has 1 aliphatic heterocycles. The predicted octanol–water partition coefficient (Wildman–Crippen LogP) is 0.456. The molecule has 3 heteroatoms. The van der Waals surface area contributed by atoms with Gasteiger partial charge in [0.2, 0.25) is 0 Å². The van der Waals surface area contributed by atoms with Crippen LogP contribution >= 0.6 is 0 Å². The van der Waals surface area contributed by atoms with E-state index in [4.69, 9.17) is 4.74 Å². The van der Waals surface area contributed by atoms with Crippen molar-refractivity contribution >= 4 is 5.97 Å². The Morgan fingerprint density at radius 1 is 1.40 bits per heavy atom. The summed E-state index contributed by atoms with van der Waals surface area (Å²) in [7, 11) is 0. The number of rotatable bonds is 3. The van der Waals surface area contributed by atoms with Crippen molar-refractivity contribution in [3.63, 3.8) is 0 Å². The molecule has 1 atom stereocenters. The first-order valence-corrected chi connectivity index (χ1v) is 5.40. The number of carbonyl (C=O) groups is 1. The topological polar surface area (TPSA) is 42.9 Å². The van der Waals surface area contributed by atoms with Gasteiger partial charge in [0.1, 0.15) is 6.61 Å². The van der Waals surface area contributed by atoms with Crippen molar-refractivity contribution in [1.82, 2.24) is 0 Å². The second kappa shape index (κ2) is 4.94. The van der Waals surface area contributed by atoms with Gasteiger partial charge in [0.25, 0.3) is 0 Å². The normalized spacial score (nSPS) is 20.1. The van der Waals surface area contributed by atoms with Crippen LogP contribution in [0.1, 0.15) is 18.4 Å². The zero-order chi connectivity index (χ0) is 10.5. The van der Waals surface area contributed by atoms with Crippen molar-refractivity contribution < 1.29 is 14.8 Å². The number of nitrogens with two attached hydrogens (primary N) is 1. The molecular formula is C12H16NO2+. The third-order valence-electron chi connectivity index (χ3n) is 2.70. The Bertz CT molecular complexity index is 318. The second-order valence-electron chi connectivity index (χ2n) is 3.87. The molecule has 1 heterocycles. The lowest BCUT2D eigenvalue weighted by molar-refractivity contribution is -0.659. The average molecular weight is 206 g/mol. The molecule has 2 rings (SSSR count). The molecule has 0 aliphatic carbocycles. The standard InChI is InChI=1S/C12H15NO2/c14-12(11-7-4-8-13-11)15-9-10-5-2-1-3-6-10/h1-3,5-6,11,13H,4,7-9H2/p+1/t11-/m1/s1. The van der Waals surface area contributed by atoms with Crippen molar-refractivity contribution in [3.8, 4) is 0 Å². The summed E-state index contributed by atoms with van der Waals surface area (Å²) >= 11 is 0. The highest BCUT2D eigenvalue weighted by molar-refractivity contribution is 5.74. The minimum atomic E-state index is -0.0728. The molecule has 15 heavy (non-hydrogen) atoms. The van der Waals surface area contributed by atoms with E-state index < -0.39 is 0 Å². The molecule has 1 fully saturated rings. The summed E-state index contributed by atoms with van der Waals surface area (Å²) in [5, 5.41) is 2.06. The van der Waals surface area contributed by atoms with E-state index in [1.54, 1.807) is 0 Å². The van der Waals surface area contributed by atoms with E-state index in [0.717, 1.165) is 24.9 Å². The highest BCUT2D eigenvalue weighted by atomic mass is 16.5. The van der Waals surface area contributed by atoms with Crippen molar-refractivity contribution in [3.05, 3.63) is 35.9 Å². The van der Waals surface area contributed by atoms with Crippen LogP contribution in [0.2, 0.25) is 0 Å². The van der Waals surface area contributed by atoms with Gasteiger partial charge in [-0.2, -0.15) is 0 Å². The van der Waals surface area contributed by atoms with Crippen molar-refractivity contribution in [2.45, 2.75) is 25.5 Å². The van der Waals surface area contributed by atoms with E-state index in [0.29, 0.717) is 6.61 Å². The van der Waals surface area contributed by atoms with Crippen LogP contribution in [0.15, 0.2) is 30.3 Å². The van der Waals surface area contributed by atoms with Crippen LogP contribution in [0.5, 0.6) is 0 Å². The quantitative estimate of drug-likeness (QED) is 0.730. The van der Waals surface area contributed by atoms with Gasteiger partial charge in [-0.15, -0.1) is 0 Å². The lowest BCUT2D eigenvalue weighted by atomic mass is 10.2. The van der Waals surface area contributed by atoms with Gasteiger partial charge in [0.15, 0.2) is 6.04 Å². The minimum absolute atomic E-state index is 0.0358. The number of ether oxygens (including phenoxy) is 1. The molecule has 2 N–H and O–H groups in total. The molecule has 3 nitrogen and oxygen atoms in total. The molecule has 1 aromatic rings. The Balaban J connectivity index is 1.80. The maximum atomic E-state index is 11.6. The Kier molecular flexibility index (Phi) is 3.35. The summed E-state index contributed by atoms with van der Waals surface area (Å²) in [4.78, 5) is 11.6. The number of hydrogen-bond acceptors (Lipinski definition) is 2. The third-order valence-corrected chi connectivity index (χ3v) is 2.70. The molecule has 0 bridgehead atoms. The average Bonchev–Trinajstić information content (AvgIpc) is 2.81. The van der Waals surface area contributed by atoms with E-state index in [-0.39, 0.29) is 12.0 Å². The number of esters is 1. The van der Waals surface area contributed by atoms with Crippen LogP contribution in [0.3, 0.4) is 0 Å². The van der Waals surface area contributed by atoms with E-state index >= 15 is 0 Å². The molecule has 0 saturated carbocycles. The van der Waals surface area contributed by atoms with Crippen LogP contribution in [0, 0.1) is 0 Å². The van der Waals surface area contributed by atoms with Gasteiger partial charge in [-0.1, -0.05) is 30.3 Å². The first-order chi connectivity index (χ1) is 7.36. The smallest absolute Gasteiger partial charge is 0.365 e. The molecule has 0 unspecified atom stereocenters. The first kappa shape index (κ1) is 10.2. The van der Waals surface area contributed by atoms with Gasteiger partial charge >= 0.3 is 5.97 Å². The van der Waals surface area contributed by atoms with Gasteiger partial charge in [-0.25, -0.2) is 4.79 Å². The number of benzene rings is 1. The molecule has 1 aromatic carbocycles. The van der Waals surface area contributed by atoms with E-state index in [1.807, 2.05) is 30.3 Å². The summed E-state index contributed by atoms with van der Waals surface area (Å²) in [5.41, 5.74) is 1.05. The van der Waals surface area contributed by atoms with E-state index in [9.17, 15) is 4.79 Å². The summed E-state index contributed by atoms with van der Waals surface area (Å²) < 4.78 is 5.24. The highest BCUT2D eigenvalue weighted by Gasteiger charge is 2.27. The molecule has 1 aliphatic rings. The Morgan fingerprint density at radius 3 is 2.87 bits per heavy atom. The van der Waals surface area contributed by atoms with Gasteiger partial charge in [-0.3, -0.25) is 0 Å². The zero-order valence-electron chi connectivity index (χ0n) is 8.69. The van der Waals surface area contributed by atoms with Gasteiger partial charge < -0.3 is 10.1 Å². The lowest BCUT2D eigenvalue weighted by Gasteiger charge is -2.07. The molecule has 0 radical (unpaired) electrons. The largest absolute Gasteiger partial charge is 0.456 e. The zero-order valence-corrected chi connectivity index (χ0v) is 8.69. The highest BCUT2D eigenvalue weighted by Crippen LogP contribution is 2.04. The van der Waals surface area contributed by atoms with Crippen molar-refractivity contribution in [1.29, 1.82) is 0 Å². The number of hydrogen-bond donors (Lipinski definition) is 1. The van der Waals surface area contributed by atoms with Crippen molar-refractivity contribution in [2.24, 2.45) is 0 Å². The van der Waals surface area contributed by atoms with Gasteiger partial charge in [0.05, 0.1) is 6.54 Å². The summed E-state index contributed by atoms with van der Waals surface area (Å²) in [5.74, 6) is -0.0728. The van der Waals surface area contributed by atoms with E-state index in [2.05, 4.69) is 5.32 Å². The minimum Gasteiger partial charge on any atom is -0.456 e. The van der Waals surface area contributed by atoms with Crippen LogP contribution in [-0.2, 0) is 16.1 Å². The van der Waals surface area contributed by atoms with Crippen LogP contribution in [0.4, 0.5) is 0 Å². The fourth-order valence-corrected chi connectivity index (χ4v) is 1.82. The van der Waals surface area contributed by atoms with Crippen LogP contribution in [-0.4, -0.2) is 18.6 Å². The molecule has 0 aromatic heterocycles. The van der Waals surface area contributed by atoms with Gasteiger partial charge in [0, 0.05) is 12.8 Å². The molecule has 80 valence electrons. The molecule has 0 amide bonds. The number of quaternary nitrogens is 1.